The number of benzene rings is 1. The summed E-state index contributed by atoms with van der Waals surface area (Å²) in [4.78, 5) is 33.6. The molecule has 1 heterocycles. The molecule has 1 aliphatic rings. The van der Waals surface area contributed by atoms with Gasteiger partial charge in [-0.25, -0.2) is 8.42 Å². The summed E-state index contributed by atoms with van der Waals surface area (Å²) >= 11 is 0. The van der Waals surface area contributed by atoms with Gasteiger partial charge in [-0.05, 0) is 11.6 Å². The van der Waals surface area contributed by atoms with E-state index in [1.807, 2.05) is 0 Å². The Morgan fingerprint density at radius 2 is 1.38 bits per heavy atom. The number of hydrogen-bond acceptors (Lipinski definition) is 5. The Labute approximate surface area is 165 Å². The van der Waals surface area contributed by atoms with Gasteiger partial charge in [0.15, 0.2) is 9.84 Å². The molecule has 0 saturated carbocycles. The fourth-order valence-electron chi connectivity index (χ4n) is 1.63. The number of rotatable bonds is 3. The average molecular weight is 326 g/mol. The molecule has 0 atom stereocenters. The molecule has 0 radical (unpaired) electrons. The van der Waals surface area contributed by atoms with E-state index in [-0.39, 0.29) is 59.1 Å². The third kappa shape index (κ3) is 5.17. The van der Waals surface area contributed by atoms with Crippen LogP contribution < -0.4 is 59.1 Å². The Bertz CT molecular complexity index is 628. The van der Waals surface area contributed by atoms with Crippen molar-refractivity contribution in [1.29, 1.82) is 0 Å². The van der Waals surface area contributed by atoms with Crippen LogP contribution in [-0.4, -0.2) is 31.5 Å². The topological polar surface area (TPSA) is 114 Å². The summed E-state index contributed by atoms with van der Waals surface area (Å²) in [6.07, 6.45) is 0. The Morgan fingerprint density at radius 1 is 0.905 bits per heavy atom. The molecule has 0 aliphatic carbocycles. The minimum Gasteiger partial charge on any atom is -0.610 e. The monoisotopic (exact) mass is 326 g/mol. The third-order valence-corrected chi connectivity index (χ3v) is 4.29. The van der Waals surface area contributed by atoms with Crippen molar-refractivity contribution in [3.63, 3.8) is 0 Å². The molecule has 0 spiro atoms. The van der Waals surface area contributed by atoms with Crippen LogP contribution in [0.1, 0.15) is 5.56 Å². The minimum absolute atomic E-state index is 0. The molecule has 0 N–H and O–H groups in total. The summed E-state index contributed by atoms with van der Waals surface area (Å²) in [7, 11) is -4.10. The summed E-state index contributed by atoms with van der Waals surface area (Å²) in [6, 6.07) is 6.81. The van der Waals surface area contributed by atoms with Crippen molar-refractivity contribution in [2.75, 3.05) is 0 Å². The average Bonchev–Trinajstić information content (AvgIpc) is 2.27. The number of nitrogens with zero attached hydrogens (tertiary/aromatic N) is 2. The van der Waals surface area contributed by atoms with Crippen LogP contribution in [0.15, 0.2) is 30.3 Å². The van der Waals surface area contributed by atoms with Gasteiger partial charge in [-0.2, -0.15) is 0 Å². The van der Waals surface area contributed by atoms with Crippen LogP contribution >= 0.6 is 0 Å². The van der Waals surface area contributed by atoms with Crippen LogP contribution in [0.25, 0.3) is 10.6 Å². The van der Waals surface area contributed by atoms with Crippen LogP contribution in [0.2, 0.25) is 0 Å². The second-order valence-corrected chi connectivity index (χ2v) is 5.94. The van der Waals surface area contributed by atoms with Crippen molar-refractivity contribution >= 4 is 27.7 Å². The van der Waals surface area contributed by atoms with Crippen LogP contribution in [0.4, 0.5) is 4.79 Å². The fraction of sp³-hybridized carbons (Fsp3) is 0.182. The zero-order chi connectivity index (χ0) is 14.0. The van der Waals surface area contributed by atoms with Gasteiger partial charge in [0.25, 0.3) is 0 Å². The Kier molecular flexibility index (Phi) is 8.33. The number of hydrogen-bond donors (Lipinski definition) is 0. The molecule has 0 bridgehead atoms. The summed E-state index contributed by atoms with van der Waals surface area (Å²) in [5.74, 6) is -3.04. The van der Waals surface area contributed by atoms with Crippen molar-refractivity contribution in [2.45, 2.75) is 11.0 Å². The zero-order valence-corrected chi connectivity index (χ0v) is 16.3. The molecule has 21 heavy (non-hydrogen) atoms. The van der Waals surface area contributed by atoms with Gasteiger partial charge in [-0.15, -0.1) is 0 Å². The van der Waals surface area contributed by atoms with Crippen molar-refractivity contribution in [3.8, 4) is 0 Å². The SMILES string of the molecule is O=C1[N-]C(=O)C(S(=O)(=O)Cc2ccccc2)C(=O)[N-]1.[Na+].[Na+]. The van der Waals surface area contributed by atoms with E-state index in [9.17, 15) is 22.8 Å². The number of carbonyl (C=O) groups is 3. The zero-order valence-electron chi connectivity index (χ0n) is 11.5. The summed E-state index contributed by atoms with van der Waals surface area (Å²) < 4.78 is 24.0. The molecule has 10 heteroatoms. The maximum Gasteiger partial charge on any atom is 1.00 e. The molecule has 1 saturated heterocycles. The molecule has 0 unspecified atom stereocenters. The van der Waals surface area contributed by atoms with Gasteiger partial charge < -0.3 is 25.0 Å². The standard InChI is InChI=1S/C11H10N2O5S.2Na/c14-9-8(10(15)13-11(16)12-9)19(17,18)6-7-4-2-1-3-5-7;;/h1-5,8H,6H2,(H2,12,13,14,15,16);;/q;2*+1/p-2. The summed E-state index contributed by atoms with van der Waals surface area (Å²) in [6.45, 7) is 0. The van der Waals surface area contributed by atoms with Gasteiger partial charge >= 0.3 is 59.1 Å². The van der Waals surface area contributed by atoms with E-state index in [2.05, 4.69) is 10.6 Å². The smallest absolute Gasteiger partial charge is 0.610 e. The minimum atomic E-state index is -4.10. The van der Waals surface area contributed by atoms with Gasteiger partial charge in [0.05, 0.1) is 17.6 Å². The van der Waals surface area contributed by atoms with E-state index in [1.165, 1.54) is 0 Å². The first kappa shape index (κ1) is 20.8. The molecule has 4 amide bonds. The molecular formula is C11H8N2Na2O5S. The van der Waals surface area contributed by atoms with E-state index >= 15 is 0 Å². The molecule has 0 aromatic heterocycles. The van der Waals surface area contributed by atoms with E-state index in [0.29, 0.717) is 5.56 Å². The third-order valence-electron chi connectivity index (χ3n) is 2.43. The van der Waals surface area contributed by atoms with Crippen molar-refractivity contribution in [3.05, 3.63) is 46.5 Å². The van der Waals surface area contributed by atoms with Gasteiger partial charge in [0.1, 0.15) is 5.25 Å². The molecule has 1 fully saturated rings. The maximum atomic E-state index is 12.0. The van der Waals surface area contributed by atoms with Gasteiger partial charge in [-0.3, -0.25) is 0 Å². The number of imide groups is 2. The normalized spacial score (nSPS) is 15.3. The Morgan fingerprint density at radius 3 is 1.86 bits per heavy atom. The number of barbiturate groups is 1. The van der Waals surface area contributed by atoms with E-state index < -0.39 is 38.7 Å². The number of urea groups is 1. The second kappa shape index (κ2) is 8.42. The van der Waals surface area contributed by atoms with Gasteiger partial charge in [-0.1, -0.05) is 30.3 Å². The predicted molar refractivity (Wildman–Crippen MR) is 65.0 cm³/mol. The first-order valence-corrected chi connectivity index (χ1v) is 6.92. The molecule has 1 aromatic carbocycles. The number of carbonyl (C=O) groups excluding carboxylic acids is 3. The van der Waals surface area contributed by atoms with Gasteiger partial charge in [0, 0.05) is 0 Å². The van der Waals surface area contributed by atoms with E-state index in [0.717, 1.165) is 0 Å². The predicted octanol–water partition coefficient (Wildman–Crippen LogP) is -5.09. The second-order valence-electron chi connectivity index (χ2n) is 3.86. The number of amides is 4. The number of sulfone groups is 1. The van der Waals surface area contributed by atoms with E-state index in [1.54, 1.807) is 30.3 Å². The summed E-state index contributed by atoms with van der Waals surface area (Å²) in [5.41, 5.74) is 0.431. The largest absolute Gasteiger partial charge is 1.00 e. The first-order valence-electron chi connectivity index (χ1n) is 5.21. The van der Waals surface area contributed by atoms with Crippen LogP contribution in [0, 0.1) is 0 Å². The molecule has 7 nitrogen and oxygen atoms in total. The molecular weight excluding hydrogens is 318 g/mol. The van der Waals surface area contributed by atoms with Crippen molar-refractivity contribution in [1.82, 2.24) is 0 Å². The van der Waals surface area contributed by atoms with Gasteiger partial charge in [0.2, 0.25) is 0 Å². The first-order chi connectivity index (χ1) is 8.90. The molecule has 100 valence electrons. The van der Waals surface area contributed by atoms with Crippen LogP contribution in [0.3, 0.4) is 0 Å². The molecule has 1 aliphatic heterocycles. The van der Waals surface area contributed by atoms with Crippen molar-refractivity contribution < 1.29 is 81.9 Å². The van der Waals surface area contributed by atoms with Crippen molar-refractivity contribution in [2.24, 2.45) is 0 Å². The maximum absolute atomic E-state index is 12.0. The molecule has 2 rings (SSSR count). The fourth-order valence-corrected chi connectivity index (χ4v) is 3.18. The Balaban J connectivity index is 0.00000200. The Hall–Kier alpha value is -0.220. The van der Waals surface area contributed by atoms with Crippen LogP contribution in [-0.2, 0) is 25.2 Å². The van der Waals surface area contributed by atoms with E-state index in [4.69, 9.17) is 0 Å². The quantitative estimate of drug-likeness (QED) is 0.407. The molecule has 1 aromatic rings. The van der Waals surface area contributed by atoms with Crippen LogP contribution in [0.5, 0.6) is 0 Å². The summed E-state index contributed by atoms with van der Waals surface area (Å²) in [5, 5.41) is 3.75.